The maximum atomic E-state index is 9.03. The number of nitrogens with zero attached hydrogens (tertiary/aromatic N) is 3. The van der Waals surface area contributed by atoms with Gasteiger partial charge in [0.15, 0.2) is 5.96 Å². The second-order valence-electron chi connectivity index (χ2n) is 6.75. The number of piperidine rings is 1. The fraction of sp³-hybridized carbons (Fsp3) is 0.429. The van der Waals surface area contributed by atoms with Crippen LogP contribution in [0.25, 0.3) is 0 Å². The van der Waals surface area contributed by atoms with Gasteiger partial charge in [-0.3, -0.25) is 9.89 Å². The lowest BCUT2D eigenvalue weighted by molar-refractivity contribution is 0.146. The van der Waals surface area contributed by atoms with Gasteiger partial charge in [-0.25, -0.2) is 0 Å². The Bertz CT molecular complexity index is 772. The Labute approximate surface area is 160 Å². The summed E-state index contributed by atoms with van der Waals surface area (Å²) in [5.41, 5.74) is 1.72. The van der Waals surface area contributed by atoms with Crippen LogP contribution in [-0.4, -0.2) is 37.5 Å². The van der Waals surface area contributed by atoms with Crippen molar-refractivity contribution in [2.24, 2.45) is 4.99 Å². The molecule has 0 bridgehead atoms. The number of aliphatic imine (C=N–C) groups is 1. The van der Waals surface area contributed by atoms with Crippen LogP contribution in [-0.2, 0) is 6.54 Å². The first kappa shape index (κ1) is 19.0. The molecular formula is C21H27N5O. The summed E-state index contributed by atoms with van der Waals surface area (Å²) >= 11 is 0. The average molecular weight is 365 g/mol. The third-order valence-corrected chi connectivity index (χ3v) is 4.91. The number of furan rings is 1. The minimum atomic E-state index is 0.195. The van der Waals surface area contributed by atoms with Crippen LogP contribution in [0.15, 0.2) is 52.1 Å². The summed E-state index contributed by atoms with van der Waals surface area (Å²) < 4.78 is 5.70. The van der Waals surface area contributed by atoms with E-state index in [-0.39, 0.29) is 6.04 Å². The topological polar surface area (TPSA) is 76.6 Å². The molecule has 0 amide bonds. The fourth-order valence-electron chi connectivity index (χ4n) is 3.47. The largest absolute Gasteiger partial charge is 0.468 e. The Balaban J connectivity index is 1.58. The summed E-state index contributed by atoms with van der Waals surface area (Å²) in [6.45, 7) is 3.54. The van der Waals surface area contributed by atoms with Crippen LogP contribution in [0.4, 0.5) is 0 Å². The molecule has 2 aromatic rings. The molecule has 0 spiro atoms. The zero-order valence-electron chi connectivity index (χ0n) is 15.8. The van der Waals surface area contributed by atoms with Crippen molar-refractivity contribution in [1.82, 2.24) is 15.5 Å². The number of nitriles is 1. The summed E-state index contributed by atoms with van der Waals surface area (Å²) in [6.07, 6.45) is 5.51. The maximum absolute atomic E-state index is 9.03. The molecule has 0 aliphatic carbocycles. The van der Waals surface area contributed by atoms with Crippen molar-refractivity contribution in [3.05, 3.63) is 59.5 Å². The lowest BCUT2D eigenvalue weighted by atomic mass is 10.1. The van der Waals surface area contributed by atoms with Crippen LogP contribution in [0.3, 0.4) is 0 Å². The summed E-state index contributed by atoms with van der Waals surface area (Å²) in [5.74, 6) is 1.73. The van der Waals surface area contributed by atoms with Crippen LogP contribution < -0.4 is 10.6 Å². The second-order valence-corrected chi connectivity index (χ2v) is 6.75. The maximum Gasteiger partial charge on any atom is 0.191 e. The van der Waals surface area contributed by atoms with Crippen LogP contribution >= 0.6 is 0 Å². The van der Waals surface area contributed by atoms with Gasteiger partial charge in [-0.05, 0) is 55.8 Å². The summed E-state index contributed by atoms with van der Waals surface area (Å²) in [7, 11) is 1.77. The lowest BCUT2D eigenvalue weighted by Crippen LogP contribution is -2.44. The van der Waals surface area contributed by atoms with Gasteiger partial charge in [0.25, 0.3) is 0 Å². The van der Waals surface area contributed by atoms with Gasteiger partial charge in [0.2, 0.25) is 0 Å². The van der Waals surface area contributed by atoms with E-state index < -0.39 is 0 Å². The number of likely N-dealkylation sites (tertiary alicyclic amines) is 1. The molecule has 1 aliphatic heterocycles. The SMILES string of the molecule is CN=C(NCc1cccc(C#N)c1)NCC(c1ccco1)N1CCCCC1. The highest BCUT2D eigenvalue weighted by molar-refractivity contribution is 5.79. The first-order valence-electron chi connectivity index (χ1n) is 9.51. The first-order valence-corrected chi connectivity index (χ1v) is 9.51. The second kappa shape index (κ2) is 9.79. The third-order valence-electron chi connectivity index (χ3n) is 4.91. The number of guanidine groups is 1. The van der Waals surface area contributed by atoms with E-state index >= 15 is 0 Å². The van der Waals surface area contributed by atoms with Crippen molar-refractivity contribution in [2.45, 2.75) is 31.8 Å². The van der Waals surface area contributed by atoms with Gasteiger partial charge in [0, 0.05) is 20.1 Å². The monoisotopic (exact) mass is 365 g/mol. The highest BCUT2D eigenvalue weighted by Gasteiger charge is 2.24. The molecule has 1 aromatic carbocycles. The molecule has 1 saturated heterocycles. The van der Waals surface area contributed by atoms with Gasteiger partial charge in [-0.1, -0.05) is 18.6 Å². The van der Waals surface area contributed by atoms with Crippen molar-refractivity contribution in [3.8, 4) is 6.07 Å². The Hall–Kier alpha value is -2.78. The molecule has 1 fully saturated rings. The van der Waals surface area contributed by atoms with Gasteiger partial charge in [0.05, 0.1) is 23.9 Å². The van der Waals surface area contributed by atoms with E-state index in [0.29, 0.717) is 12.1 Å². The number of hydrogen-bond donors (Lipinski definition) is 2. The predicted molar refractivity (Wildman–Crippen MR) is 106 cm³/mol. The molecule has 2 heterocycles. The van der Waals surface area contributed by atoms with E-state index in [9.17, 15) is 0 Å². The molecule has 0 radical (unpaired) electrons. The van der Waals surface area contributed by atoms with Crippen LogP contribution in [0, 0.1) is 11.3 Å². The van der Waals surface area contributed by atoms with E-state index in [0.717, 1.165) is 36.9 Å². The zero-order chi connectivity index (χ0) is 18.9. The summed E-state index contributed by atoms with van der Waals surface area (Å²) in [6, 6.07) is 14.0. The van der Waals surface area contributed by atoms with Crippen molar-refractivity contribution >= 4 is 5.96 Å². The molecule has 1 unspecified atom stereocenters. The summed E-state index contributed by atoms with van der Waals surface area (Å²) in [4.78, 5) is 6.81. The van der Waals surface area contributed by atoms with Crippen molar-refractivity contribution in [3.63, 3.8) is 0 Å². The smallest absolute Gasteiger partial charge is 0.191 e. The number of hydrogen-bond acceptors (Lipinski definition) is 4. The fourth-order valence-corrected chi connectivity index (χ4v) is 3.47. The van der Waals surface area contributed by atoms with Crippen molar-refractivity contribution in [1.29, 1.82) is 5.26 Å². The van der Waals surface area contributed by atoms with Crippen molar-refractivity contribution in [2.75, 3.05) is 26.7 Å². The predicted octanol–water partition coefficient (Wildman–Crippen LogP) is 3.04. The minimum Gasteiger partial charge on any atom is -0.468 e. The van der Waals surface area contributed by atoms with Gasteiger partial charge in [0.1, 0.15) is 5.76 Å². The van der Waals surface area contributed by atoms with Crippen molar-refractivity contribution < 1.29 is 4.42 Å². The molecule has 142 valence electrons. The standard InChI is InChI=1S/C21H27N5O/c1-23-21(24-15-18-8-5-7-17(13-18)14-22)25-16-19(20-9-6-12-27-20)26-10-3-2-4-11-26/h5-9,12-13,19H,2-4,10-11,15-16H2,1H3,(H2,23,24,25). The molecular weight excluding hydrogens is 338 g/mol. The number of benzene rings is 1. The van der Waals surface area contributed by atoms with Gasteiger partial charge in [-0.15, -0.1) is 0 Å². The molecule has 6 heteroatoms. The Morgan fingerprint density at radius 1 is 1.22 bits per heavy atom. The van der Waals surface area contributed by atoms with Crippen LogP contribution in [0.5, 0.6) is 0 Å². The quantitative estimate of drug-likeness (QED) is 0.608. The van der Waals surface area contributed by atoms with Crippen LogP contribution in [0.2, 0.25) is 0 Å². The molecule has 2 N–H and O–H groups in total. The van der Waals surface area contributed by atoms with E-state index in [1.54, 1.807) is 13.3 Å². The van der Waals surface area contributed by atoms with Gasteiger partial charge >= 0.3 is 0 Å². The molecule has 27 heavy (non-hydrogen) atoms. The highest BCUT2D eigenvalue weighted by atomic mass is 16.3. The zero-order valence-corrected chi connectivity index (χ0v) is 15.8. The lowest BCUT2D eigenvalue weighted by Gasteiger charge is -2.33. The highest BCUT2D eigenvalue weighted by Crippen LogP contribution is 2.24. The average Bonchev–Trinajstić information content (AvgIpc) is 3.26. The molecule has 1 aliphatic rings. The first-order chi connectivity index (χ1) is 13.3. The molecule has 3 rings (SSSR count). The minimum absolute atomic E-state index is 0.195. The number of nitrogens with one attached hydrogen (secondary N) is 2. The molecule has 6 nitrogen and oxygen atoms in total. The molecule has 1 atom stereocenters. The third kappa shape index (κ3) is 5.35. The molecule has 1 aromatic heterocycles. The van der Waals surface area contributed by atoms with Gasteiger partial charge in [-0.2, -0.15) is 5.26 Å². The number of rotatable bonds is 6. The molecule has 0 saturated carbocycles. The van der Waals surface area contributed by atoms with E-state index in [1.165, 1.54) is 19.3 Å². The normalized spacial score (nSPS) is 16.5. The Morgan fingerprint density at radius 3 is 2.78 bits per heavy atom. The Morgan fingerprint density at radius 2 is 2.07 bits per heavy atom. The van der Waals surface area contributed by atoms with Crippen LogP contribution in [0.1, 0.15) is 42.2 Å². The van der Waals surface area contributed by atoms with Gasteiger partial charge < -0.3 is 15.1 Å². The van der Waals surface area contributed by atoms with E-state index in [2.05, 4.69) is 26.6 Å². The Kier molecular flexibility index (Phi) is 6.89. The van der Waals surface area contributed by atoms with E-state index in [4.69, 9.17) is 9.68 Å². The van der Waals surface area contributed by atoms with E-state index in [1.807, 2.05) is 36.4 Å². The summed E-state index contributed by atoms with van der Waals surface area (Å²) in [5, 5.41) is 15.8.